The summed E-state index contributed by atoms with van der Waals surface area (Å²) in [6.07, 6.45) is 6.53. The number of rotatable bonds is 5. The van der Waals surface area contributed by atoms with Crippen LogP contribution in [0.5, 0.6) is 0 Å². The van der Waals surface area contributed by atoms with E-state index < -0.39 is 0 Å². The molecule has 2 heterocycles. The minimum Gasteiger partial charge on any atom is -0.337 e. The SMILES string of the molecule is CCN1CCCC1CNCc1nccn1C. The first kappa shape index (κ1) is 11.6. The number of imidazole rings is 1. The number of aromatic nitrogens is 2. The summed E-state index contributed by atoms with van der Waals surface area (Å²) in [5.74, 6) is 1.11. The maximum Gasteiger partial charge on any atom is 0.122 e. The Balaban J connectivity index is 1.74. The molecule has 4 heteroatoms. The van der Waals surface area contributed by atoms with Gasteiger partial charge in [-0.05, 0) is 25.9 Å². The predicted octanol–water partition coefficient (Wildman–Crippen LogP) is 0.994. The molecule has 1 saturated heterocycles. The molecule has 0 bridgehead atoms. The molecular weight excluding hydrogens is 200 g/mol. The van der Waals surface area contributed by atoms with E-state index in [0.29, 0.717) is 0 Å². The van der Waals surface area contributed by atoms with E-state index in [4.69, 9.17) is 0 Å². The third kappa shape index (κ3) is 2.62. The Bertz CT molecular complexity index is 321. The van der Waals surface area contributed by atoms with Gasteiger partial charge in [0.15, 0.2) is 0 Å². The van der Waals surface area contributed by atoms with Crippen LogP contribution >= 0.6 is 0 Å². The van der Waals surface area contributed by atoms with Gasteiger partial charge in [-0.3, -0.25) is 4.90 Å². The van der Waals surface area contributed by atoms with Crippen molar-refractivity contribution < 1.29 is 0 Å². The standard InChI is InChI=1S/C12H22N4/c1-3-16-7-4-5-11(16)9-13-10-12-14-6-8-15(12)2/h6,8,11,13H,3-5,7,9-10H2,1-2H3. The Morgan fingerprint density at radius 3 is 3.12 bits per heavy atom. The van der Waals surface area contributed by atoms with Crippen molar-refractivity contribution in [2.45, 2.75) is 32.4 Å². The minimum absolute atomic E-state index is 0.727. The summed E-state index contributed by atoms with van der Waals surface area (Å²) in [7, 11) is 2.04. The van der Waals surface area contributed by atoms with Crippen molar-refractivity contribution in [1.82, 2.24) is 19.8 Å². The molecule has 2 rings (SSSR count). The highest BCUT2D eigenvalue weighted by molar-refractivity contribution is 4.91. The number of likely N-dealkylation sites (tertiary alicyclic amines) is 1. The molecule has 1 aliphatic rings. The molecule has 1 N–H and O–H groups in total. The van der Waals surface area contributed by atoms with Crippen LogP contribution in [0.1, 0.15) is 25.6 Å². The molecule has 1 aromatic rings. The summed E-state index contributed by atoms with van der Waals surface area (Å²) >= 11 is 0. The molecule has 4 nitrogen and oxygen atoms in total. The van der Waals surface area contributed by atoms with Crippen molar-refractivity contribution >= 4 is 0 Å². The van der Waals surface area contributed by atoms with Crippen molar-refractivity contribution in [3.63, 3.8) is 0 Å². The molecule has 90 valence electrons. The molecule has 1 unspecified atom stereocenters. The summed E-state index contributed by atoms with van der Waals surface area (Å²) in [4.78, 5) is 6.87. The highest BCUT2D eigenvalue weighted by atomic mass is 15.2. The highest BCUT2D eigenvalue weighted by Crippen LogP contribution is 2.15. The number of hydrogen-bond acceptors (Lipinski definition) is 3. The van der Waals surface area contributed by atoms with Crippen molar-refractivity contribution in [2.75, 3.05) is 19.6 Å². The molecule has 0 aromatic carbocycles. The molecule has 0 saturated carbocycles. The first-order valence-corrected chi connectivity index (χ1v) is 6.22. The minimum atomic E-state index is 0.727. The van der Waals surface area contributed by atoms with Crippen LogP contribution < -0.4 is 5.32 Å². The summed E-state index contributed by atoms with van der Waals surface area (Å²) < 4.78 is 2.07. The van der Waals surface area contributed by atoms with E-state index in [1.807, 2.05) is 19.4 Å². The fraction of sp³-hybridized carbons (Fsp3) is 0.750. The zero-order chi connectivity index (χ0) is 11.4. The molecule has 0 spiro atoms. The Morgan fingerprint density at radius 2 is 2.44 bits per heavy atom. The van der Waals surface area contributed by atoms with Crippen LogP contribution in [0.4, 0.5) is 0 Å². The topological polar surface area (TPSA) is 33.1 Å². The highest BCUT2D eigenvalue weighted by Gasteiger charge is 2.22. The molecular formula is C12H22N4. The molecule has 1 atom stereocenters. The monoisotopic (exact) mass is 222 g/mol. The van der Waals surface area contributed by atoms with E-state index in [1.165, 1.54) is 25.9 Å². The van der Waals surface area contributed by atoms with Gasteiger partial charge in [-0.25, -0.2) is 4.98 Å². The number of hydrogen-bond donors (Lipinski definition) is 1. The van der Waals surface area contributed by atoms with Crippen LogP contribution in [0.15, 0.2) is 12.4 Å². The van der Waals surface area contributed by atoms with Crippen LogP contribution in [0.25, 0.3) is 0 Å². The quantitative estimate of drug-likeness (QED) is 0.806. The van der Waals surface area contributed by atoms with E-state index in [9.17, 15) is 0 Å². The maximum absolute atomic E-state index is 4.31. The Kier molecular flexibility index (Phi) is 3.96. The smallest absolute Gasteiger partial charge is 0.122 e. The largest absolute Gasteiger partial charge is 0.337 e. The lowest BCUT2D eigenvalue weighted by atomic mass is 10.2. The maximum atomic E-state index is 4.31. The van der Waals surface area contributed by atoms with E-state index in [-0.39, 0.29) is 0 Å². The number of aryl methyl sites for hydroxylation is 1. The van der Waals surface area contributed by atoms with Crippen LogP contribution in [-0.2, 0) is 13.6 Å². The summed E-state index contributed by atoms with van der Waals surface area (Å²) in [5, 5.41) is 3.51. The van der Waals surface area contributed by atoms with Gasteiger partial charge in [-0.1, -0.05) is 6.92 Å². The fourth-order valence-electron chi connectivity index (χ4n) is 2.46. The zero-order valence-electron chi connectivity index (χ0n) is 10.3. The fourth-order valence-corrected chi connectivity index (χ4v) is 2.46. The zero-order valence-corrected chi connectivity index (χ0v) is 10.3. The van der Waals surface area contributed by atoms with Gasteiger partial charge in [0.05, 0.1) is 6.54 Å². The first-order valence-electron chi connectivity index (χ1n) is 6.22. The lowest BCUT2D eigenvalue weighted by molar-refractivity contribution is 0.259. The van der Waals surface area contributed by atoms with Crippen LogP contribution in [0.3, 0.4) is 0 Å². The molecule has 1 aromatic heterocycles. The van der Waals surface area contributed by atoms with Crippen molar-refractivity contribution in [2.24, 2.45) is 7.05 Å². The normalized spacial score (nSPS) is 21.8. The van der Waals surface area contributed by atoms with Gasteiger partial charge in [0.2, 0.25) is 0 Å². The third-order valence-electron chi connectivity index (χ3n) is 3.49. The van der Waals surface area contributed by atoms with Crippen molar-refractivity contribution in [1.29, 1.82) is 0 Å². The lowest BCUT2D eigenvalue weighted by Gasteiger charge is -2.22. The molecule has 0 amide bonds. The Morgan fingerprint density at radius 1 is 1.56 bits per heavy atom. The summed E-state index contributed by atoms with van der Waals surface area (Å²) in [6, 6.07) is 0.727. The summed E-state index contributed by atoms with van der Waals surface area (Å²) in [5.41, 5.74) is 0. The van der Waals surface area contributed by atoms with Crippen LogP contribution in [-0.4, -0.2) is 40.1 Å². The third-order valence-corrected chi connectivity index (χ3v) is 3.49. The molecule has 1 fully saturated rings. The lowest BCUT2D eigenvalue weighted by Crippen LogP contribution is -2.37. The van der Waals surface area contributed by atoms with Gasteiger partial charge in [-0.2, -0.15) is 0 Å². The van der Waals surface area contributed by atoms with Gasteiger partial charge in [0.25, 0.3) is 0 Å². The summed E-state index contributed by atoms with van der Waals surface area (Å²) in [6.45, 7) is 6.65. The van der Waals surface area contributed by atoms with E-state index in [2.05, 4.69) is 26.7 Å². The van der Waals surface area contributed by atoms with Gasteiger partial charge >= 0.3 is 0 Å². The average molecular weight is 222 g/mol. The van der Waals surface area contributed by atoms with Gasteiger partial charge in [0.1, 0.15) is 5.82 Å². The van der Waals surface area contributed by atoms with E-state index in [1.54, 1.807) is 0 Å². The van der Waals surface area contributed by atoms with Crippen molar-refractivity contribution in [3.05, 3.63) is 18.2 Å². The van der Waals surface area contributed by atoms with E-state index in [0.717, 1.165) is 25.0 Å². The number of nitrogens with one attached hydrogen (secondary N) is 1. The second-order valence-electron chi connectivity index (χ2n) is 4.51. The molecule has 16 heavy (non-hydrogen) atoms. The molecule has 0 radical (unpaired) electrons. The van der Waals surface area contributed by atoms with Gasteiger partial charge in [0, 0.05) is 32.0 Å². The van der Waals surface area contributed by atoms with Crippen LogP contribution in [0.2, 0.25) is 0 Å². The second kappa shape index (κ2) is 5.46. The Labute approximate surface area is 97.7 Å². The number of likely N-dealkylation sites (N-methyl/N-ethyl adjacent to an activating group) is 1. The average Bonchev–Trinajstić information content (AvgIpc) is 2.88. The molecule has 1 aliphatic heterocycles. The molecule has 0 aliphatic carbocycles. The predicted molar refractivity (Wildman–Crippen MR) is 65.2 cm³/mol. The van der Waals surface area contributed by atoms with Gasteiger partial charge in [-0.15, -0.1) is 0 Å². The number of nitrogens with zero attached hydrogens (tertiary/aromatic N) is 3. The van der Waals surface area contributed by atoms with Gasteiger partial charge < -0.3 is 9.88 Å². The first-order chi connectivity index (χ1) is 7.81. The second-order valence-corrected chi connectivity index (χ2v) is 4.51. The van der Waals surface area contributed by atoms with E-state index >= 15 is 0 Å². The van der Waals surface area contributed by atoms with Crippen molar-refractivity contribution in [3.8, 4) is 0 Å². The van der Waals surface area contributed by atoms with Crippen LogP contribution in [0, 0.1) is 0 Å². The Hall–Kier alpha value is -0.870.